The summed E-state index contributed by atoms with van der Waals surface area (Å²) in [6, 6.07) is 3.70. The van der Waals surface area contributed by atoms with Crippen LogP contribution < -0.4 is 5.32 Å². The number of amides is 1. The molecule has 106 valence electrons. The molecule has 0 spiro atoms. The second-order valence-electron chi connectivity index (χ2n) is 4.75. The van der Waals surface area contributed by atoms with Gasteiger partial charge in [0.2, 0.25) is 0 Å². The largest absolute Gasteiger partial charge is 0.468 e. The fourth-order valence-corrected chi connectivity index (χ4v) is 1.81. The van der Waals surface area contributed by atoms with Gasteiger partial charge in [0.1, 0.15) is 11.5 Å². The lowest BCUT2D eigenvalue weighted by Gasteiger charge is -2.22. The summed E-state index contributed by atoms with van der Waals surface area (Å²) in [6.45, 7) is 2.27. The third-order valence-corrected chi connectivity index (χ3v) is 2.96. The van der Waals surface area contributed by atoms with E-state index < -0.39 is 0 Å². The first-order chi connectivity index (χ1) is 9.58. The molecule has 2 rings (SSSR count). The number of furan rings is 1. The molecular weight excluding hydrogens is 256 g/mol. The van der Waals surface area contributed by atoms with E-state index in [4.69, 9.17) is 4.42 Å². The van der Waals surface area contributed by atoms with E-state index in [9.17, 15) is 4.79 Å². The second-order valence-corrected chi connectivity index (χ2v) is 4.75. The Labute approximate surface area is 117 Å². The van der Waals surface area contributed by atoms with Crippen LogP contribution in [-0.4, -0.2) is 41.4 Å². The first kappa shape index (κ1) is 14.2. The van der Waals surface area contributed by atoms with Crippen LogP contribution in [0.4, 0.5) is 0 Å². The standard InChI is InChI=1S/C14H18N4O2/c1-10-7-16-11(8-15-10)14(19)17-9-12(18(2)3)13-5-4-6-20-13/h4-8,12H,9H2,1-3H3,(H,17,19)/t12-/m0/s1. The molecule has 0 fully saturated rings. The minimum absolute atomic E-state index is 0.0210. The van der Waals surface area contributed by atoms with Gasteiger partial charge in [-0.05, 0) is 33.2 Å². The highest BCUT2D eigenvalue weighted by Crippen LogP contribution is 2.17. The third kappa shape index (κ3) is 3.42. The van der Waals surface area contributed by atoms with Gasteiger partial charge in [-0.15, -0.1) is 0 Å². The topological polar surface area (TPSA) is 71.3 Å². The average molecular weight is 274 g/mol. The number of nitrogens with one attached hydrogen (secondary N) is 1. The number of aryl methyl sites for hydroxylation is 1. The molecule has 0 aliphatic rings. The van der Waals surface area contributed by atoms with Crippen molar-refractivity contribution in [3.8, 4) is 0 Å². The van der Waals surface area contributed by atoms with Gasteiger partial charge in [-0.3, -0.25) is 14.7 Å². The third-order valence-electron chi connectivity index (χ3n) is 2.96. The molecule has 0 aliphatic carbocycles. The summed E-state index contributed by atoms with van der Waals surface area (Å²) in [5.41, 5.74) is 1.09. The zero-order valence-corrected chi connectivity index (χ0v) is 11.8. The van der Waals surface area contributed by atoms with E-state index in [1.165, 1.54) is 6.20 Å². The lowest BCUT2D eigenvalue weighted by molar-refractivity contribution is 0.0933. The minimum Gasteiger partial charge on any atom is -0.468 e. The van der Waals surface area contributed by atoms with Crippen LogP contribution in [0.1, 0.15) is 28.0 Å². The van der Waals surface area contributed by atoms with Gasteiger partial charge < -0.3 is 9.73 Å². The molecule has 1 amide bonds. The van der Waals surface area contributed by atoms with Crippen molar-refractivity contribution in [2.45, 2.75) is 13.0 Å². The molecule has 2 heterocycles. The number of aromatic nitrogens is 2. The Bertz CT molecular complexity index is 549. The monoisotopic (exact) mass is 274 g/mol. The summed E-state index contributed by atoms with van der Waals surface area (Å²) in [4.78, 5) is 22.1. The molecule has 0 bridgehead atoms. The molecule has 0 unspecified atom stereocenters. The van der Waals surface area contributed by atoms with Crippen LogP contribution in [0, 0.1) is 6.92 Å². The summed E-state index contributed by atoms with van der Waals surface area (Å²) in [6.07, 6.45) is 4.67. The smallest absolute Gasteiger partial charge is 0.271 e. The normalized spacial score (nSPS) is 12.4. The molecular formula is C14H18N4O2. The van der Waals surface area contributed by atoms with Crippen LogP contribution in [0.2, 0.25) is 0 Å². The number of carbonyl (C=O) groups excluding carboxylic acids is 1. The van der Waals surface area contributed by atoms with Crippen LogP contribution in [0.5, 0.6) is 0 Å². The zero-order chi connectivity index (χ0) is 14.5. The fraction of sp³-hybridized carbons (Fsp3) is 0.357. The highest BCUT2D eigenvalue weighted by molar-refractivity contribution is 5.91. The van der Waals surface area contributed by atoms with Gasteiger partial charge >= 0.3 is 0 Å². The molecule has 0 saturated heterocycles. The van der Waals surface area contributed by atoms with E-state index in [2.05, 4.69) is 15.3 Å². The number of rotatable bonds is 5. The van der Waals surface area contributed by atoms with Crippen molar-refractivity contribution in [2.24, 2.45) is 0 Å². The fourth-order valence-electron chi connectivity index (χ4n) is 1.81. The quantitative estimate of drug-likeness (QED) is 0.892. The van der Waals surface area contributed by atoms with Gasteiger partial charge in [0.05, 0.1) is 24.2 Å². The van der Waals surface area contributed by atoms with Crippen molar-refractivity contribution in [3.05, 3.63) is 47.9 Å². The lowest BCUT2D eigenvalue weighted by Crippen LogP contribution is -2.34. The van der Waals surface area contributed by atoms with E-state index in [1.807, 2.05) is 38.1 Å². The first-order valence-corrected chi connectivity index (χ1v) is 6.34. The molecule has 2 aromatic heterocycles. The van der Waals surface area contributed by atoms with Crippen LogP contribution in [0.15, 0.2) is 35.2 Å². The number of likely N-dealkylation sites (N-methyl/N-ethyl adjacent to an activating group) is 1. The molecule has 0 aliphatic heterocycles. The van der Waals surface area contributed by atoms with Gasteiger partial charge in [-0.1, -0.05) is 0 Å². The van der Waals surface area contributed by atoms with Crippen molar-refractivity contribution in [3.63, 3.8) is 0 Å². The predicted molar refractivity (Wildman–Crippen MR) is 74.2 cm³/mol. The first-order valence-electron chi connectivity index (χ1n) is 6.34. The predicted octanol–water partition coefficient (Wildman–Crippen LogP) is 1.41. The van der Waals surface area contributed by atoms with E-state index in [0.29, 0.717) is 12.2 Å². The Morgan fingerprint density at radius 1 is 1.40 bits per heavy atom. The lowest BCUT2D eigenvalue weighted by atomic mass is 10.2. The molecule has 1 atom stereocenters. The molecule has 6 nitrogen and oxygen atoms in total. The molecule has 0 saturated carbocycles. The van der Waals surface area contributed by atoms with Gasteiger partial charge in [0.15, 0.2) is 0 Å². The maximum absolute atomic E-state index is 12.0. The number of carbonyl (C=O) groups is 1. The summed E-state index contributed by atoms with van der Waals surface area (Å²) in [5, 5.41) is 2.85. The maximum Gasteiger partial charge on any atom is 0.271 e. The van der Waals surface area contributed by atoms with Crippen LogP contribution in [-0.2, 0) is 0 Å². The Hall–Kier alpha value is -2.21. The number of hydrogen-bond acceptors (Lipinski definition) is 5. The number of nitrogens with zero attached hydrogens (tertiary/aromatic N) is 3. The molecule has 2 aromatic rings. The molecule has 6 heteroatoms. The highest BCUT2D eigenvalue weighted by atomic mass is 16.3. The van der Waals surface area contributed by atoms with Crippen LogP contribution in [0.3, 0.4) is 0 Å². The van der Waals surface area contributed by atoms with Crippen LogP contribution >= 0.6 is 0 Å². The van der Waals surface area contributed by atoms with Crippen LogP contribution in [0.25, 0.3) is 0 Å². The van der Waals surface area contributed by atoms with Gasteiger partial charge in [0, 0.05) is 12.7 Å². The second kappa shape index (κ2) is 6.29. The van der Waals surface area contributed by atoms with Crippen molar-refractivity contribution >= 4 is 5.91 Å². The maximum atomic E-state index is 12.0. The van der Waals surface area contributed by atoms with E-state index in [-0.39, 0.29) is 11.9 Å². The Balaban J connectivity index is 1.99. The SMILES string of the molecule is Cc1cnc(C(=O)NC[C@@H](c2ccco2)N(C)C)cn1. The average Bonchev–Trinajstić information content (AvgIpc) is 2.93. The molecule has 0 aromatic carbocycles. The van der Waals surface area contributed by atoms with Gasteiger partial charge in [-0.25, -0.2) is 4.98 Å². The number of hydrogen-bond donors (Lipinski definition) is 1. The van der Waals surface area contributed by atoms with Crippen molar-refractivity contribution in [2.75, 3.05) is 20.6 Å². The van der Waals surface area contributed by atoms with Gasteiger partial charge in [-0.2, -0.15) is 0 Å². The van der Waals surface area contributed by atoms with Crippen molar-refractivity contribution in [1.82, 2.24) is 20.2 Å². The Morgan fingerprint density at radius 3 is 2.75 bits per heavy atom. The van der Waals surface area contributed by atoms with E-state index in [1.54, 1.807) is 12.5 Å². The summed E-state index contributed by atoms with van der Waals surface area (Å²) < 4.78 is 5.39. The van der Waals surface area contributed by atoms with E-state index in [0.717, 1.165) is 11.5 Å². The minimum atomic E-state index is -0.240. The molecule has 1 N–H and O–H groups in total. The van der Waals surface area contributed by atoms with Gasteiger partial charge in [0.25, 0.3) is 5.91 Å². The molecule has 20 heavy (non-hydrogen) atoms. The van der Waals surface area contributed by atoms with Crippen molar-refractivity contribution in [1.29, 1.82) is 0 Å². The summed E-state index contributed by atoms with van der Waals surface area (Å²) >= 11 is 0. The zero-order valence-electron chi connectivity index (χ0n) is 11.8. The summed E-state index contributed by atoms with van der Waals surface area (Å²) in [7, 11) is 3.87. The van der Waals surface area contributed by atoms with Crippen molar-refractivity contribution < 1.29 is 9.21 Å². The van der Waals surface area contributed by atoms with E-state index >= 15 is 0 Å². The Kier molecular flexibility index (Phi) is 4.47. The summed E-state index contributed by atoms with van der Waals surface area (Å²) in [5.74, 6) is 0.571. The highest BCUT2D eigenvalue weighted by Gasteiger charge is 2.18. The molecule has 0 radical (unpaired) electrons. The Morgan fingerprint density at radius 2 is 2.20 bits per heavy atom.